The van der Waals surface area contributed by atoms with E-state index in [2.05, 4.69) is 21.2 Å². The number of methoxy groups -OCH3 is 1. The lowest BCUT2D eigenvalue weighted by molar-refractivity contribution is -0.136. The van der Waals surface area contributed by atoms with Crippen molar-refractivity contribution in [2.24, 2.45) is 0 Å². The SMILES string of the molecule is COc1ccc(Br)c(CC(=O)NCCC(=O)O)c1. The fourth-order valence-corrected chi connectivity index (χ4v) is 1.74. The first kappa shape index (κ1) is 14.5. The highest BCUT2D eigenvalue weighted by atomic mass is 79.9. The lowest BCUT2D eigenvalue weighted by atomic mass is 10.1. The molecule has 0 bridgehead atoms. The highest BCUT2D eigenvalue weighted by Crippen LogP contribution is 2.22. The number of hydrogen-bond acceptors (Lipinski definition) is 3. The number of benzene rings is 1. The zero-order chi connectivity index (χ0) is 13.5. The molecule has 0 unspecified atom stereocenters. The van der Waals surface area contributed by atoms with Gasteiger partial charge in [-0.15, -0.1) is 0 Å². The summed E-state index contributed by atoms with van der Waals surface area (Å²) >= 11 is 3.35. The minimum absolute atomic E-state index is 0.0784. The molecule has 5 nitrogen and oxygen atoms in total. The molecule has 1 aromatic rings. The summed E-state index contributed by atoms with van der Waals surface area (Å²) in [6, 6.07) is 5.36. The number of halogens is 1. The summed E-state index contributed by atoms with van der Waals surface area (Å²) in [5.41, 5.74) is 0.794. The van der Waals surface area contributed by atoms with E-state index >= 15 is 0 Å². The average molecular weight is 316 g/mol. The third kappa shape index (κ3) is 4.75. The Morgan fingerprint density at radius 3 is 2.78 bits per heavy atom. The van der Waals surface area contributed by atoms with E-state index in [1.807, 2.05) is 0 Å². The highest BCUT2D eigenvalue weighted by Gasteiger charge is 2.08. The second-order valence-corrected chi connectivity index (χ2v) is 4.48. The summed E-state index contributed by atoms with van der Waals surface area (Å²) in [7, 11) is 1.56. The van der Waals surface area contributed by atoms with E-state index < -0.39 is 5.97 Å². The Balaban J connectivity index is 2.55. The number of carboxylic acids is 1. The largest absolute Gasteiger partial charge is 0.497 e. The topological polar surface area (TPSA) is 75.6 Å². The van der Waals surface area contributed by atoms with Crippen LogP contribution in [0.3, 0.4) is 0 Å². The van der Waals surface area contributed by atoms with Crippen LogP contribution in [0.4, 0.5) is 0 Å². The van der Waals surface area contributed by atoms with Gasteiger partial charge in [-0.3, -0.25) is 9.59 Å². The molecular formula is C12H14BrNO4. The maximum atomic E-state index is 11.6. The molecule has 0 aromatic heterocycles. The molecule has 0 saturated carbocycles. The van der Waals surface area contributed by atoms with Gasteiger partial charge in [-0.1, -0.05) is 15.9 Å². The van der Waals surface area contributed by atoms with Crippen LogP contribution < -0.4 is 10.1 Å². The Hall–Kier alpha value is -1.56. The highest BCUT2D eigenvalue weighted by molar-refractivity contribution is 9.10. The third-order valence-electron chi connectivity index (χ3n) is 2.26. The molecule has 98 valence electrons. The average Bonchev–Trinajstić information content (AvgIpc) is 2.31. The molecule has 0 heterocycles. The van der Waals surface area contributed by atoms with Crippen LogP contribution in [0.5, 0.6) is 5.75 Å². The summed E-state index contributed by atoms with van der Waals surface area (Å²) in [5.74, 6) is -0.477. The smallest absolute Gasteiger partial charge is 0.305 e. The Morgan fingerprint density at radius 2 is 2.17 bits per heavy atom. The number of carbonyl (C=O) groups is 2. The van der Waals surface area contributed by atoms with Crippen LogP contribution in [0.2, 0.25) is 0 Å². The Morgan fingerprint density at radius 1 is 1.44 bits per heavy atom. The molecule has 6 heteroatoms. The van der Waals surface area contributed by atoms with Gasteiger partial charge < -0.3 is 15.2 Å². The lowest BCUT2D eigenvalue weighted by Gasteiger charge is -2.07. The normalized spacial score (nSPS) is 9.89. The molecule has 0 aliphatic heterocycles. The fourth-order valence-electron chi connectivity index (χ4n) is 1.36. The molecule has 0 saturated heterocycles. The van der Waals surface area contributed by atoms with E-state index in [0.717, 1.165) is 10.0 Å². The van der Waals surface area contributed by atoms with Crippen LogP contribution in [0.1, 0.15) is 12.0 Å². The van der Waals surface area contributed by atoms with Crippen LogP contribution in [0, 0.1) is 0 Å². The number of carboxylic acid groups (broad SMARTS) is 1. The number of rotatable bonds is 6. The van der Waals surface area contributed by atoms with E-state index in [1.54, 1.807) is 25.3 Å². The molecule has 0 fully saturated rings. The van der Waals surface area contributed by atoms with Crippen molar-refractivity contribution in [2.75, 3.05) is 13.7 Å². The Labute approximate surface area is 113 Å². The molecule has 2 N–H and O–H groups in total. The van der Waals surface area contributed by atoms with E-state index in [9.17, 15) is 9.59 Å². The standard InChI is InChI=1S/C12H14BrNO4/c1-18-9-2-3-10(13)8(6-9)7-11(15)14-5-4-12(16)17/h2-3,6H,4-5,7H2,1H3,(H,14,15)(H,16,17). The summed E-state index contributed by atoms with van der Waals surface area (Å²) in [5, 5.41) is 11.0. The minimum atomic E-state index is -0.933. The van der Waals surface area contributed by atoms with Crippen molar-refractivity contribution in [3.8, 4) is 5.75 Å². The van der Waals surface area contributed by atoms with E-state index in [4.69, 9.17) is 9.84 Å². The second kappa shape index (κ2) is 7.00. The zero-order valence-electron chi connectivity index (χ0n) is 9.90. The van der Waals surface area contributed by atoms with Crippen molar-refractivity contribution in [3.63, 3.8) is 0 Å². The Kier molecular flexibility index (Phi) is 5.64. The molecule has 0 aliphatic rings. The summed E-state index contributed by atoms with van der Waals surface area (Å²) in [4.78, 5) is 21.9. The van der Waals surface area contributed by atoms with Crippen LogP contribution >= 0.6 is 15.9 Å². The molecule has 18 heavy (non-hydrogen) atoms. The summed E-state index contributed by atoms with van der Waals surface area (Å²) < 4.78 is 5.89. The van der Waals surface area contributed by atoms with Gasteiger partial charge in [0.05, 0.1) is 20.0 Å². The van der Waals surface area contributed by atoms with E-state index in [0.29, 0.717) is 5.75 Å². The second-order valence-electron chi connectivity index (χ2n) is 3.63. The molecule has 0 spiro atoms. The van der Waals surface area contributed by atoms with Gasteiger partial charge in [-0.05, 0) is 23.8 Å². The molecule has 1 rings (SSSR count). The molecule has 0 atom stereocenters. The van der Waals surface area contributed by atoms with Gasteiger partial charge in [-0.25, -0.2) is 0 Å². The molecule has 0 radical (unpaired) electrons. The summed E-state index contributed by atoms with van der Waals surface area (Å²) in [6.07, 6.45) is 0.0996. The molecule has 1 aromatic carbocycles. The van der Waals surface area contributed by atoms with Gasteiger partial charge in [0.2, 0.25) is 5.91 Å². The van der Waals surface area contributed by atoms with Gasteiger partial charge >= 0.3 is 5.97 Å². The Bertz CT molecular complexity index is 448. The van der Waals surface area contributed by atoms with Gasteiger partial charge in [0.25, 0.3) is 0 Å². The molecular weight excluding hydrogens is 302 g/mol. The number of amides is 1. The number of ether oxygens (including phenoxy) is 1. The number of aliphatic carboxylic acids is 1. The first-order valence-electron chi connectivity index (χ1n) is 5.34. The quantitative estimate of drug-likeness (QED) is 0.836. The third-order valence-corrected chi connectivity index (χ3v) is 3.04. The predicted molar refractivity (Wildman–Crippen MR) is 69.7 cm³/mol. The van der Waals surface area contributed by atoms with Crippen molar-refractivity contribution in [3.05, 3.63) is 28.2 Å². The van der Waals surface area contributed by atoms with Crippen LogP contribution in [-0.4, -0.2) is 30.6 Å². The zero-order valence-corrected chi connectivity index (χ0v) is 11.5. The van der Waals surface area contributed by atoms with Gasteiger partial charge in [0, 0.05) is 11.0 Å². The van der Waals surface area contributed by atoms with Gasteiger partial charge in [0.1, 0.15) is 5.75 Å². The number of nitrogens with one attached hydrogen (secondary N) is 1. The van der Waals surface area contributed by atoms with Crippen LogP contribution in [0.25, 0.3) is 0 Å². The number of hydrogen-bond donors (Lipinski definition) is 2. The maximum absolute atomic E-state index is 11.6. The summed E-state index contributed by atoms with van der Waals surface area (Å²) in [6.45, 7) is 0.135. The first-order chi connectivity index (χ1) is 8.52. The predicted octanol–water partition coefficient (Wildman–Crippen LogP) is 1.59. The van der Waals surface area contributed by atoms with Crippen molar-refractivity contribution in [2.45, 2.75) is 12.8 Å². The fraction of sp³-hybridized carbons (Fsp3) is 0.333. The van der Waals surface area contributed by atoms with Crippen molar-refractivity contribution in [1.29, 1.82) is 0 Å². The molecule has 1 amide bonds. The van der Waals surface area contributed by atoms with E-state index in [1.165, 1.54) is 0 Å². The van der Waals surface area contributed by atoms with Crippen molar-refractivity contribution < 1.29 is 19.4 Å². The molecule has 0 aliphatic carbocycles. The monoisotopic (exact) mass is 315 g/mol. The first-order valence-corrected chi connectivity index (χ1v) is 6.13. The minimum Gasteiger partial charge on any atom is -0.497 e. The maximum Gasteiger partial charge on any atom is 0.305 e. The van der Waals surface area contributed by atoms with Crippen LogP contribution in [0.15, 0.2) is 22.7 Å². The lowest BCUT2D eigenvalue weighted by Crippen LogP contribution is -2.27. The van der Waals surface area contributed by atoms with Crippen molar-refractivity contribution in [1.82, 2.24) is 5.32 Å². The number of carbonyl (C=O) groups excluding carboxylic acids is 1. The van der Waals surface area contributed by atoms with Crippen molar-refractivity contribution >= 4 is 27.8 Å². The van der Waals surface area contributed by atoms with E-state index in [-0.39, 0.29) is 25.3 Å². The van der Waals surface area contributed by atoms with Crippen LogP contribution in [-0.2, 0) is 16.0 Å². The van der Waals surface area contributed by atoms with Gasteiger partial charge in [-0.2, -0.15) is 0 Å². The van der Waals surface area contributed by atoms with Gasteiger partial charge in [0.15, 0.2) is 0 Å².